The van der Waals surface area contributed by atoms with E-state index in [-0.39, 0.29) is 10.5 Å². The Hall–Kier alpha value is -2.95. The normalized spacial score (nSPS) is 15.5. The quantitative estimate of drug-likeness (QED) is 0.602. The molecule has 1 N–H and O–H groups in total. The number of anilines is 1. The Bertz CT molecular complexity index is 1060. The van der Waals surface area contributed by atoms with Gasteiger partial charge in [-0.3, -0.25) is 4.79 Å². The van der Waals surface area contributed by atoms with E-state index >= 15 is 0 Å². The third kappa shape index (κ3) is 5.11. The van der Waals surface area contributed by atoms with Crippen LogP contribution in [0.5, 0.6) is 0 Å². The number of amides is 1. The van der Waals surface area contributed by atoms with Crippen LogP contribution in [0.1, 0.15) is 30.4 Å². The number of sulfonamides is 1. The number of rotatable bonds is 5. The predicted octanol–water partition coefficient (Wildman–Crippen LogP) is 3.72. The summed E-state index contributed by atoms with van der Waals surface area (Å²) in [5.74, 6) is -0.583. The summed E-state index contributed by atoms with van der Waals surface area (Å²) in [5.41, 5.74) is 2.09. The minimum Gasteiger partial charge on any atom is -0.321 e. The molecule has 1 aliphatic heterocycles. The van der Waals surface area contributed by atoms with E-state index in [2.05, 4.69) is 5.32 Å². The summed E-state index contributed by atoms with van der Waals surface area (Å²) in [7, 11) is -3.60. The number of nitrogens with one attached hydrogen (secondary N) is 1. The molecule has 0 aromatic heterocycles. The van der Waals surface area contributed by atoms with Crippen LogP contribution in [0.4, 0.5) is 5.69 Å². The molecule has 150 valence electrons. The number of hydrogen-bond acceptors (Lipinski definition) is 4. The first-order valence-electron chi connectivity index (χ1n) is 9.50. The topological polar surface area (TPSA) is 90.3 Å². The molecule has 0 bridgehead atoms. The fourth-order valence-electron chi connectivity index (χ4n) is 3.16. The molecule has 7 heteroatoms. The summed E-state index contributed by atoms with van der Waals surface area (Å²) in [6.07, 6.45) is 4.24. The van der Waals surface area contributed by atoms with Gasteiger partial charge in [0, 0.05) is 18.8 Å². The zero-order valence-electron chi connectivity index (χ0n) is 16.3. The first kappa shape index (κ1) is 20.8. The Morgan fingerprint density at radius 3 is 2.45 bits per heavy atom. The molecule has 1 amide bonds. The van der Waals surface area contributed by atoms with Gasteiger partial charge < -0.3 is 5.32 Å². The van der Waals surface area contributed by atoms with E-state index in [9.17, 15) is 18.5 Å². The largest absolute Gasteiger partial charge is 0.321 e. The van der Waals surface area contributed by atoms with Crippen LogP contribution in [-0.4, -0.2) is 31.7 Å². The minimum atomic E-state index is -3.60. The standard InChI is InChI=1S/C22H23N3O3S/c1-17-8-10-18(11-9-17)14-19(16-23)22(26)24-20-6-5-7-21(15-20)29(27,28)25-12-3-2-4-13-25/h5-11,14-15H,2-4,12-13H2,1H3,(H,24,26)/b19-14+. The van der Waals surface area contributed by atoms with Crippen LogP contribution in [-0.2, 0) is 14.8 Å². The Balaban J connectivity index is 1.79. The maximum atomic E-state index is 12.8. The van der Waals surface area contributed by atoms with E-state index < -0.39 is 15.9 Å². The highest BCUT2D eigenvalue weighted by Gasteiger charge is 2.26. The smallest absolute Gasteiger partial charge is 0.266 e. The summed E-state index contributed by atoms with van der Waals surface area (Å²) in [5, 5.41) is 12.0. The van der Waals surface area contributed by atoms with Crippen molar-refractivity contribution in [1.82, 2.24) is 4.31 Å². The van der Waals surface area contributed by atoms with Gasteiger partial charge in [-0.05, 0) is 49.6 Å². The molecule has 0 unspecified atom stereocenters. The molecule has 1 aliphatic rings. The Kier molecular flexibility index (Phi) is 6.47. The van der Waals surface area contributed by atoms with Crippen molar-refractivity contribution in [3.63, 3.8) is 0 Å². The van der Waals surface area contributed by atoms with Gasteiger partial charge in [-0.25, -0.2) is 8.42 Å². The van der Waals surface area contributed by atoms with E-state index in [0.717, 1.165) is 30.4 Å². The monoisotopic (exact) mass is 409 g/mol. The highest BCUT2D eigenvalue weighted by atomic mass is 32.2. The summed E-state index contributed by atoms with van der Waals surface area (Å²) >= 11 is 0. The van der Waals surface area contributed by atoms with Crippen molar-refractivity contribution in [2.75, 3.05) is 18.4 Å². The van der Waals surface area contributed by atoms with E-state index in [1.165, 1.54) is 22.5 Å². The maximum Gasteiger partial charge on any atom is 0.266 e. The molecule has 6 nitrogen and oxygen atoms in total. The van der Waals surface area contributed by atoms with Crippen molar-refractivity contribution >= 4 is 27.7 Å². The lowest BCUT2D eigenvalue weighted by molar-refractivity contribution is -0.112. The van der Waals surface area contributed by atoms with Crippen molar-refractivity contribution in [2.24, 2.45) is 0 Å². The molecule has 0 radical (unpaired) electrons. The maximum absolute atomic E-state index is 12.8. The third-order valence-corrected chi connectivity index (χ3v) is 6.69. The third-order valence-electron chi connectivity index (χ3n) is 4.80. The Morgan fingerprint density at radius 1 is 1.10 bits per heavy atom. The molecule has 0 atom stereocenters. The molecule has 0 saturated carbocycles. The lowest BCUT2D eigenvalue weighted by Crippen LogP contribution is -2.35. The Morgan fingerprint density at radius 2 is 1.79 bits per heavy atom. The highest BCUT2D eigenvalue weighted by Crippen LogP contribution is 2.23. The van der Waals surface area contributed by atoms with Gasteiger partial charge in [0.15, 0.2) is 0 Å². The zero-order chi connectivity index (χ0) is 20.9. The van der Waals surface area contributed by atoms with Gasteiger partial charge in [-0.1, -0.05) is 42.3 Å². The van der Waals surface area contributed by atoms with Gasteiger partial charge in [0.05, 0.1) is 4.90 Å². The van der Waals surface area contributed by atoms with E-state index in [0.29, 0.717) is 18.8 Å². The van der Waals surface area contributed by atoms with E-state index in [4.69, 9.17) is 0 Å². The van der Waals surface area contributed by atoms with Crippen LogP contribution in [0.15, 0.2) is 59.0 Å². The van der Waals surface area contributed by atoms with Gasteiger partial charge in [0.1, 0.15) is 11.6 Å². The fourth-order valence-corrected chi connectivity index (χ4v) is 4.73. The number of nitriles is 1. The van der Waals surface area contributed by atoms with Crippen LogP contribution in [0.2, 0.25) is 0 Å². The van der Waals surface area contributed by atoms with Crippen LogP contribution in [0.3, 0.4) is 0 Å². The number of hydrogen-bond donors (Lipinski definition) is 1. The molecule has 1 heterocycles. The van der Waals surface area contributed by atoms with Gasteiger partial charge >= 0.3 is 0 Å². The number of carbonyl (C=O) groups excluding carboxylic acids is 1. The number of carbonyl (C=O) groups is 1. The summed E-state index contributed by atoms with van der Waals surface area (Å²) < 4.78 is 27.1. The second-order valence-corrected chi connectivity index (χ2v) is 8.97. The van der Waals surface area contributed by atoms with Crippen molar-refractivity contribution in [2.45, 2.75) is 31.1 Å². The number of aryl methyl sites for hydroxylation is 1. The van der Waals surface area contributed by atoms with E-state index in [1.54, 1.807) is 12.1 Å². The van der Waals surface area contributed by atoms with Gasteiger partial charge in [0.25, 0.3) is 5.91 Å². The Labute approximate surface area is 171 Å². The van der Waals surface area contributed by atoms with Crippen LogP contribution >= 0.6 is 0 Å². The van der Waals surface area contributed by atoms with Crippen LogP contribution in [0, 0.1) is 18.3 Å². The summed E-state index contributed by atoms with van der Waals surface area (Å²) in [6.45, 7) is 2.98. The summed E-state index contributed by atoms with van der Waals surface area (Å²) in [4.78, 5) is 12.7. The van der Waals surface area contributed by atoms with Crippen molar-refractivity contribution < 1.29 is 13.2 Å². The minimum absolute atomic E-state index is 0.0573. The number of nitrogens with zero attached hydrogens (tertiary/aromatic N) is 2. The molecular weight excluding hydrogens is 386 g/mol. The lowest BCUT2D eigenvalue weighted by Gasteiger charge is -2.26. The van der Waals surface area contributed by atoms with E-state index in [1.807, 2.05) is 37.3 Å². The SMILES string of the molecule is Cc1ccc(/C=C(\C#N)C(=O)Nc2cccc(S(=O)(=O)N3CCCCC3)c2)cc1. The van der Waals surface area contributed by atoms with Gasteiger partial charge in [-0.2, -0.15) is 9.57 Å². The van der Waals surface area contributed by atoms with Crippen LogP contribution < -0.4 is 5.32 Å². The summed E-state index contributed by atoms with van der Waals surface area (Å²) in [6, 6.07) is 15.5. The zero-order valence-corrected chi connectivity index (χ0v) is 17.1. The highest BCUT2D eigenvalue weighted by molar-refractivity contribution is 7.89. The second kappa shape index (κ2) is 9.03. The van der Waals surface area contributed by atoms with Crippen molar-refractivity contribution in [1.29, 1.82) is 5.26 Å². The number of benzene rings is 2. The van der Waals surface area contributed by atoms with Crippen molar-refractivity contribution in [3.8, 4) is 6.07 Å². The molecular formula is C22H23N3O3S. The predicted molar refractivity (Wildman–Crippen MR) is 112 cm³/mol. The van der Waals surface area contributed by atoms with Crippen LogP contribution in [0.25, 0.3) is 6.08 Å². The average molecular weight is 410 g/mol. The first-order valence-corrected chi connectivity index (χ1v) is 10.9. The average Bonchev–Trinajstić information content (AvgIpc) is 2.74. The van der Waals surface area contributed by atoms with Gasteiger partial charge in [-0.15, -0.1) is 0 Å². The molecule has 1 saturated heterocycles. The first-order chi connectivity index (χ1) is 13.9. The number of piperidine rings is 1. The molecule has 29 heavy (non-hydrogen) atoms. The molecule has 0 spiro atoms. The lowest BCUT2D eigenvalue weighted by atomic mass is 10.1. The molecule has 1 fully saturated rings. The molecule has 3 rings (SSSR count). The molecule has 2 aromatic rings. The van der Waals surface area contributed by atoms with Gasteiger partial charge in [0.2, 0.25) is 10.0 Å². The van der Waals surface area contributed by atoms with Crippen molar-refractivity contribution in [3.05, 3.63) is 65.2 Å². The molecule has 0 aliphatic carbocycles. The fraction of sp³-hybridized carbons (Fsp3) is 0.273. The molecule has 2 aromatic carbocycles. The second-order valence-electron chi connectivity index (χ2n) is 7.03.